The van der Waals surface area contributed by atoms with Crippen LogP contribution in [0.4, 0.5) is 0 Å². The van der Waals surface area contributed by atoms with Gasteiger partial charge in [-0.3, -0.25) is 19.0 Å². The Bertz CT molecular complexity index is 1490. The third-order valence-corrected chi connectivity index (χ3v) is 13.5. The second-order valence-electron chi connectivity index (χ2n) is 15.8. The number of hydrogen-bond acceptors (Lipinski definition) is 5. The molecule has 0 aromatic carbocycles. The third kappa shape index (κ3) is 3.58. The van der Waals surface area contributed by atoms with E-state index in [9.17, 15) is 19.6 Å². The molecule has 218 valence electrons. The zero-order chi connectivity index (χ0) is 30.0. The van der Waals surface area contributed by atoms with Crippen LogP contribution in [-0.2, 0) is 9.59 Å². The van der Waals surface area contributed by atoms with E-state index in [-0.39, 0.29) is 57.0 Å². The molecule has 0 amide bonds. The predicted octanol–water partition coefficient (Wildman–Crippen LogP) is 7.51. The molecule has 1 aromatic heterocycles. The van der Waals surface area contributed by atoms with Gasteiger partial charge in [-0.15, -0.1) is 0 Å². The van der Waals surface area contributed by atoms with E-state index in [1.165, 1.54) is 0 Å². The standard InChI is InChI=1S/C34H42BrN3O3/c1-29(2)10-12-34(28(41)38-18-25(35)37-19-38)13-11-33(7)26(21(34)16-29)22(39)14-24-31(5)15-20(17-36)27(40)30(3,4)23(31)8-9-32(24,33)6/h14-15,18-19,21,23,26H,8-13,16H2,1-7H3/t21?,23-,26?,31-,32+,33+,34-/m0/s1. The van der Waals surface area contributed by atoms with E-state index < -0.39 is 16.2 Å². The van der Waals surface area contributed by atoms with Crippen molar-refractivity contribution in [3.05, 3.63) is 40.4 Å². The highest BCUT2D eigenvalue weighted by Crippen LogP contribution is 2.74. The van der Waals surface area contributed by atoms with E-state index in [2.05, 4.69) is 61.6 Å². The van der Waals surface area contributed by atoms with Crippen LogP contribution in [0.1, 0.15) is 98.2 Å². The zero-order valence-corrected chi connectivity index (χ0v) is 27.0. The first kappa shape index (κ1) is 28.8. The van der Waals surface area contributed by atoms with Crippen LogP contribution in [0, 0.1) is 61.6 Å². The van der Waals surface area contributed by atoms with Crippen LogP contribution in [0.25, 0.3) is 0 Å². The number of carbonyl (C=O) groups excluding carboxylic acids is 3. The van der Waals surface area contributed by atoms with E-state index >= 15 is 0 Å². The molecule has 0 N–H and O–H groups in total. The van der Waals surface area contributed by atoms with Gasteiger partial charge in [0, 0.05) is 22.9 Å². The number of hydrogen-bond donors (Lipinski definition) is 0. The van der Waals surface area contributed by atoms with Gasteiger partial charge in [-0.25, -0.2) is 4.98 Å². The zero-order valence-electron chi connectivity index (χ0n) is 25.4. The summed E-state index contributed by atoms with van der Waals surface area (Å²) in [6.45, 7) is 15.3. The number of carbonyl (C=O) groups is 3. The van der Waals surface area contributed by atoms with Crippen molar-refractivity contribution in [2.75, 3.05) is 0 Å². The van der Waals surface area contributed by atoms with Crippen molar-refractivity contribution < 1.29 is 14.4 Å². The average Bonchev–Trinajstić information content (AvgIpc) is 3.33. The Morgan fingerprint density at radius 1 is 1.05 bits per heavy atom. The number of halogens is 1. The van der Waals surface area contributed by atoms with E-state index in [4.69, 9.17) is 0 Å². The number of nitrogens with zero attached hydrogens (tertiary/aromatic N) is 3. The van der Waals surface area contributed by atoms with Gasteiger partial charge >= 0.3 is 0 Å². The van der Waals surface area contributed by atoms with Gasteiger partial charge in [0.2, 0.25) is 5.91 Å². The molecule has 5 aliphatic carbocycles. The number of rotatable bonds is 1. The molecule has 3 fully saturated rings. The fraction of sp³-hybridized carbons (Fsp3) is 0.676. The van der Waals surface area contributed by atoms with Gasteiger partial charge in [-0.2, -0.15) is 5.26 Å². The maximum Gasteiger partial charge on any atom is 0.238 e. The summed E-state index contributed by atoms with van der Waals surface area (Å²) in [6.07, 6.45) is 13.0. The normalized spacial score (nSPS) is 42.5. The van der Waals surface area contributed by atoms with Crippen molar-refractivity contribution in [2.45, 2.75) is 93.4 Å². The number of nitriles is 1. The molecule has 1 aromatic rings. The molecule has 5 aliphatic rings. The molecule has 6 rings (SSSR count). The van der Waals surface area contributed by atoms with Gasteiger partial charge in [0.15, 0.2) is 11.6 Å². The van der Waals surface area contributed by atoms with Crippen molar-refractivity contribution in [2.24, 2.45) is 50.2 Å². The average molecular weight is 621 g/mol. The lowest BCUT2D eigenvalue weighted by atomic mass is 9.34. The fourth-order valence-corrected chi connectivity index (χ4v) is 11.0. The highest BCUT2D eigenvalue weighted by molar-refractivity contribution is 9.10. The Morgan fingerprint density at radius 3 is 2.37 bits per heavy atom. The first-order valence-corrected chi connectivity index (χ1v) is 15.9. The second-order valence-corrected chi connectivity index (χ2v) is 16.6. The van der Waals surface area contributed by atoms with Crippen LogP contribution in [0.3, 0.4) is 0 Å². The summed E-state index contributed by atoms with van der Waals surface area (Å²) in [5.41, 5.74) is -1.14. The first-order valence-electron chi connectivity index (χ1n) is 15.2. The lowest BCUT2D eigenvalue weighted by molar-refractivity contribution is -0.164. The molecule has 0 bridgehead atoms. The maximum atomic E-state index is 14.6. The van der Waals surface area contributed by atoms with Gasteiger partial charge in [0.25, 0.3) is 0 Å². The number of Topliss-reactive ketones (excluding diaryl/α,β-unsaturated/α-hetero) is 1. The second kappa shape index (κ2) is 8.62. The van der Waals surface area contributed by atoms with Crippen molar-refractivity contribution in [3.63, 3.8) is 0 Å². The molecule has 41 heavy (non-hydrogen) atoms. The van der Waals surface area contributed by atoms with Crippen LogP contribution in [-0.4, -0.2) is 27.0 Å². The summed E-state index contributed by atoms with van der Waals surface area (Å²) in [4.78, 5) is 46.5. The molecule has 7 atom stereocenters. The minimum Gasteiger partial charge on any atom is -0.295 e. The van der Waals surface area contributed by atoms with Crippen molar-refractivity contribution in [1.82, 2.24) is 9.55 Å². The van der Waals surface area contributed by atoms with Crippen molar-refractivity contribution in [3.8, 4) is 6.07 Å². The van der Waals surface area contributed by atoms with E-state index in [0.29, 0.717) is 4.60 Å². The summed E-state index contributed by atoms with van der Waals surface area (Å²) in [5, 5.41) is 9.94. The molecule has 0 aliphatic heterocycles. The van der Waals surface area contributed by atoms with Gasteiger partial charge in [0.1, 0.15) is 17.0 Å². The lowest BCUT2D eigenvalue weighted by Gasteiger charge is -2.69. The molecule has 0 radical (unpaired) electrons. The summed E-state index contributed by atoms with van der Waals surface area (Å²) >= 11 is 3.41. The number of ketones is 2. The summed E-state index contributed by atoms with van der Waals surface area (Å²) in [6, 6.07) is 2.18. The molecule has 0 spiro atoms. The van der Waals surface area contributed by atoms with Crippen LogP contribution in [0.5, 0.6) is 0 Å². The lowest BCUT2D eigenvalue weighted by Crippen LogP contribution is -2.66. The Morgan fingerprint density at radius 2 is 1.73 bits per heavy atom. The van der Waals surface area contributed by atoms with Crippen molar-refractivity contribution >= 4 is 33.4 Å². The Balaban J connectivity index is 1.52. The minimum absolute atomic E-state index is 0.0180. The summed E-state index contributed by atoms with van der Waals surface area (Å²) in [7, 11) is 0. The number of fused-ring (bicyclic) bond motifs is 7. The quantitative estimate of drug-likeness (QED) is 0.324. The first-order chi connectivity index (χ1) is 19.0. The molecule has 1 heterocycles. The van der Waals surface area contributed by atoms with Gasteiger partial charge in [-0.1, -0.05) is 60.1 Å². The molecule has 3 saturated carbocycles. The van der Waals surface area contributed by atoms with E-state index in [0.717, 1.165) is 50.5 Å². The van der Waals surface area contributed by atoms with Crippen molar-refractivity contribution in [1.29, 1.82) is 5.26 Å². The molecule has 2 unspecified atom stereocenters. The smallest absolute Gasteiger partial charge is 0.238 e. The highest BCUT2D eigenvalue weighted by atomic mass is 79.9. The third-order valence-electron chi connectivity index (χ3n) is 13.1. The number of imidazole rings is 1. The fourth-order valence-electron chi connectivity index (χ4n) is 10.7. The molecular weight excluding hydrogens is 578 g/mol. The molecule has 7 heteroatoms. The monoisotopic (exact) mass is 619 g/mol. The Kier molecular flexibility index (Phi) is 6.05. The molecule has 0 saturated heterocycles. The Hall–Kier alpha value is -2.33. The maximum absolute atomic E-state index is 14.6. The minimum atomic E-state index is -0.682. The summed E-state index contributed by atoms with van der Waals surface area (Å²) < 4.78 is 2.27. The van der Waals surface area contributed by atoms with Gasteiger partial charge < -0.3 is 0 Å². The van der Waals surface area contributed by atoms with Crippen LogP contribution in [0.2, 0.25) is 0 Å². The number of aromatic nitrogens is 2. The van der Waals surface area contributed by atoms with Gasteiger partial charge in [-0.05, 0) is 95.0 Å². The van der Waals surface area contributed by atoms with E-state index in [1.54, 1.807) is 17.1 Å². The molecule has 6 nitrogen and oxygen atoms in total. The highest BCUT2D eigenvalue weighted by Gasteiger charge is 2.71. The van der Waals surface area contributed by atoms with E-state index in [1.807, 2.05) is 26.0 Å². The Labute approximate surface area is 252 Å². The van der Waals surface area contributed by atoms with Crippen LogP contribution < -0.4 is 0 Å². The molecular formula is C34H42BrN3O3. The predicted molar refractivity (Wildman–Crippen MR) is 159 cm³/mol. The van der Waals surface area contributed by atoms with Crippen LogP contribution in [0.15, 0.2) is 40.4 Å². The topological polar surface area (TPSA) is 92.8 Å². The largest absolute Gasteiger partial charge is 0.295 e. The number of allylic oxidation sites excluding steroid dienone is 4. The summed E-state index contributed by atoms with van der Waals surface area (Å²) in [5.74, 6) is -0.219. The van der Waals surface area contributed by atoms with Crippen LogP contribution >= 0.6 is 15.9 Å². The van der Waals surface area contributed by atoms with Gasteiger partial charge in [0.05, 0.1) is 11.0 Å². The SMILES string of the molecule is CC1(C)CC[C@]2(C(=O)n3cnc(Br)c3)CC[C@]3(C)C(C(=O)C=C4[C@@]5(C)C=C(C#N)C(=O)C(C)(C)[C@@H]5CC[C@]43C)C2C1.